The Bertz CT molecular complexity index is 321. The Morgan fingerprint density at radius 1 is 1.05 bits per heavy atom. The fraction of sp³-hybridized carbons (Fsp3) is 0.647. The van der Waals surface area contributed by atoms with Crippen LogP contribution in [0, 0.1) is 0 Å². The molecular weight excluding hydrogens is 234 g/mol. The Hall–Kier alpha value is -1.02. The van der Waals surface area contributed by atoms with Crippen LogP contribution in [0.15, 0.2) is 24.3 Å². The number of phenols is 1. The summed E-state index contributed by atoms with van der Waals surface area (Å²) in [5, 5.41) is 12.8. The first kappa shape index (κ1) is 16.0. The van der Waals surface area contributed by atoms with E-state index in [1.165, 1.54) is 37.7 Å². The van der Waals surface area contributed by atoms with Gasteiger partial charge in [0.15, 0.2) is 0 Å². The van der Waals surface area contributed by atoms with E-state index in [2.05, 4.69) is 19.2 Å². The van der Waals surface area contributed by atoms with Gasteiger partial charge in [0.1, 0.15) is 5.75 Å². The molecule has 1 atom stereocenters. The quantitative estimate of drug-likeness (QED) is 0.618. The molecule has 0 saturated carbocycles. The molecule has 0 fully saturated rings. The molecule has 0 radical (unpaired) electrons. The minimum atomic E-state index is 0.349. The standard InChI is InChI=1S/C17H29NO/c1-3-4-5-6-7-14-18-15(2)8-9-16-10-12-17(19)13-11-16/h10-13,15,18-19H,3-9,14H2,1-2H3. The van der Waals surface area contributed by atoms with E-state index < -0.39 is 0 Å². The Morgan fingerprint density at radius 2 is 1.74 bits per heavy atom. The number of phenolic OH excluding ortho intramolecular Hbond substituents is 1. The average Bonchev–Trinajstić information content (AvgIpc) is 2.42. The molecule has 0 aliphatic rings. The minimum Gasteiger partial charge on any atom is -0.508 e. The van der Waals surface area contributed by atoms with Gasteiger partial charge in [-0.3, -0.25) is 0 Å². The van der Waals surface area contributed by atoms with Gasteiger partial charge in [-0.25, -0.2) is 0 Å². The average molecular weight is 263 g/mol. The van der Waals surface area contributed by atoms with Gasteiger partial charge in [0.25, 0.3) is 0 Å². The molecule has 1 aromatic rings. The third kappa shape index (κ3) is 7.89. The van der Waals surface area contributed by atoms with Crippen molar-refractivity contribution < 1.29 is 5.11 Å². The molecule has 2 heteroatoms. The third-order valence-corrected chi connectivity index (χ3v) is 3.58. The Morgan fingerprint density at radius 3 is 2.42 bits per heavy atom. The van der Waals surface area contributed by atoms with E-state index in [0.717, 1.165) is 19.4 Å². The summed E-state index contributed by atoms with van der Waals surface area (Å²) < 4.78 is 0. The second-order valence-electron chi connectivity index (χ2n) is 5.47. The molecule has 1 unspecified atom stereocenters. The second kappa shape index (κ2) is 9.85. The van der Waals surface area contributed by atoms with Crippen molar-refractivity contribution in [1.29, 1.82) is 0 Å². The van der Waals surface area contributed by atoms with Crippen LogP contribution >= 0.6 is 0 Å². The summed E-state index contributed by atoms with van der Waals surface area (Å²) in [7, 11) is 0. The molecule has 0 aromatic heterocycles. The van der Waals surface area contributed by atoms with Crippen LogP contribution in [0.4, 0.5) is 0 Å². The zero-order chi connectivity index (χ0) is 13.9. The Kier molecular flexibility index (Phi) is 8.31. The first-order chi connectivity index (χ1) is 9.22. The molecule has 1 rings (SSSR count). The number of hydrogen-bond acceptors (Lipinski definition) is 2. The maximum atomic E-state index is 9.23. The molecule has 0 amide bonds. The first-order valence-electron chi connectivity index (χ1n) is 7.73. The van der Waals surface area contributed by atoms with E-state index in [1.54, 1.807) is 12.1 Å². The third-order valence-electron chi connectivity index (χ3n) is 3.58. The Balaban J connectivity index is 2.04. The highest BCUT2D eigenvalue weighted by molar-refractivity contribution is 5.25. The van der Waals surface area contributed by atoms with Crippen molar-refractivity contribution >= 4 is 0 Å². The molecule has 0 spiro atoms. The van der Waals surface area contributed by atoms with Crippen LogP contribution < -0.4 is 5.32 Å². The SMILES string of the molecule is CCCCCCCNC(C)CCc1ccc(O)cc1. The van der Waals surface area contributed by atoms with Crippen molar-refractivity contribution in [2.45, 2.75) is 64.8 Å². The van der Waals surface area contributed by atoms with E-state index in [4.69, 9.17) is 0 Å². The molecule has 0 saturated heterocycles. The van der Waals surface area contributed by atoms with Crippen LogP contribution in [0.3, 0.4) is 0 Å². The van der Waals surface area contributed by atoms with Gasteiger partial charge in [0.05, 0.1) is 0 Å². The number of aromatic hydroxyl groups is 1. The van der Waals surface area contributed by atoms with Gasteiger partial charge in [-0.2, -0.15) is 0 Å². The van der Waals surface area contributed by atoms with Crippen LogP contribution in [-0.2, 0) is 6.42 Å². The first-order valence-corrected chi connectivity index (χ1v) is 7.73. The number of nitrogens with one attached hydrogen (secondary N) is 1. The maximum absolute atomic E-state index is 9.23. The largest absolute Gasteiger partial charge is 0.508 e. The number of unbranched alkanes of at least 4 members (excludes halogenated alkanes) is 4. The number of rotatable bonds is 10. The van der Waals surface area contributed by atoms with Gasteiger partial charge < -0.3 is 10.4 Å². The summed E-state index contributed by atoms with van der Waals surface area (Å²) >= 11 is 0. The maximum Gasteiger partial charge on any atom is 0.115 e. The van der Waals surface area contributed by atoms with Crippen LogP contribution in [0.25, 0.3) is 0 Å². The highest BCUT2D eigenvalue weighted by Crippen LogP contribution is 2.12. The normalized spacial score (nSPS) is 12.5. The predicted octanol–water partition coefficient (Wildman–Crippen LogP) is 4.27. The summed E-state index contributed by atoms with van der Waals surface area (Å²) in [6.45, 7) is 5.65. The van der Waals surface area contributed by atoms with E-state index in [0.29, 0.717) is 11.8 Å². The van der Waals surface area contributed by atoms with Crippen LogP contribution in [0.1, 0.15) is 57.9 Å². The summed E-state index contributed by atoms with van der Waals surface area (Å²) in [5.41, 5.74) is 1.30. The lowest BCUT2D eigenvalue weighted by atomic mass is 10.1. The monoisotopic (exact) mass is 263 g/mol. The highest BCUT2D eigenvalue weighted by atomic mass is 16.3. The van der Waals surface area contributed by atoms with E-state index in [-0.39, 0.29) is 0 Å². The topological polar surface area (TPSA) is 32.3 Å². The number of aryl methyl sites for hydroxylation is 1. The molecular formula is C17H29NO. The molecule has 2 N–H and O–H groups in total. The molecule has 0 aliphatic carbocycles. The number of benzene rings is 1. The van der Waals surface area contributed by atoms with Crippen LogP contribution in [0.2, 0.25) is 0 Å². The van der Waals surface area contributed by atoms with Gasteiger partial charge >= 0.3 is 0 Å². The lowest BCUT2D eigenvalue weighted by molar-refractivity contribution is 0.474. The number of hydrogen-bond donors (Lipinski definition) is 2. The fourth-order valence-corrected chi connectivity index (χ4v) is 2.22. The zero-order valence-corrected chi connectivity index (χ0v) is 12.5. The molecule has 1 aromatic carbocycles. The molecule has 108 valence electrons. The lowest BCUT2D eigenvalue weighted by Crippen LogP contribution is -2.27. The summed E-state index contributed by atoms with van der Waals surface area (Å²) in [5.74, 6) is 0.349. The van der Waals surface area contributed by atoms with Crippen molar-refractivity contribution in [3.8, 4) is 5.75 Å². The predicted molar refractivity (Wildman–Crippen MR) is 82.7 cm³/mol. The van der Waals surface area contributed by atoms with E-state index in [1.807, 2.05) is 12.1 Å². The van der Waals surface area contributed by atoms with E-state index >= 15 is 0 Å². The van der Waals surface area contributed by atoms with Crippen molar-refractivity contribution in [1.82, 2.24) is 5.32 Å². The molecule has 0 bridgehead atoms. The van der Waals surface area contributed by atoms with Gasteiger partial charge in [-0.15, -0.1) is 0 Å². The van der Waals surface area contributed by atoms with Crippen LogP contribution in [0.5, 0.6) is 5.75 Å². The van der Waals surface area contributed by atoms with Gasteiger partial charge in [0, 0.05) is 6.04 Å². The van der Waals surface area contributed by atoms with Gasteiger partial charge in [-0.05, 0) is 50.4 Å². The lowest BCUT2D eigenvalue weighted by Gasteiger charge is -2.13. The van der Waals surface area contributed by atoms with Crippen LogP contribution in [-0.4, -0.2) is 17.7 Å². The molecule has 0 aliphatic heterocycles. The fourth-order valence-electron chi connectivity index (χ4n) is 2.22. The van der Waals surface area contributed by atoms with Crippen molar-refractivity contribution in [3.05, 3.63) is 29.8 Å². The molecule has 2 nitrogen and oxygen atoms in total. The smallest absolute Gasteiger partial charge is 0.115 e. The van der Waals surface area contributed by atoms with Gasteiger partial charge in [-0.1, -0.05) is 44.7 Å². The van der Waals surface area contributed by atoms with Crippen molar-refractivity contribution in [2.75, 3.05) is 6.54 Å². The minimum absolute atomic E-state index is 0.349. The van der Waals surface area contributed by atoms with Crippen molar-refractivity contribution in [3.63, 3.8) is 0 Å². The zero-order valence-electron chi connectivity index (χ0n) is 12.5. The summed E-state index contributed by atoms with van der Waals surface area (Å²) in [6.07, 6.45) is 8.94. The highest BCUT2D eigenvalue weighted by Gasteiger charge is 2.02. The summed E-state index contributed by atoms with van der Waals surface area (Å²) in [6, 6.07) is 8.11. The Labute approximate surface area is 118 Å². The summed E-state index contributed by atoms with van der Waals surface area (Å²) in [4.78, 5) is 0. The molecule has 19 heavy (non-hydrogen) atoms. The van der Waals surface area contributed by atoms with Gasteiger partial charge in [0.2, 0.25) is 0 Å². The second-order valence-corrected chi connectivity index (χ2v) is 5.47. The van der Waals surface area contributed by atoms with E-state index in [9.17, 15) is 5.11 Å². The molecule has 0 heterocycles. The van der Waals surface area contributed by atoms with Crippen molar-refractivity contribution in [2.24, 2.45) is 0 Å².